The highest BCUT2D eigenvalue weighted by Gasteiger charge is 2.20. The van der Waals surface area contributed by atoms with Crippen molar-refractivity contribution in [2.75, 3.05) is 0 Å². The van der Waals surface area contributed by atoms with E-state index in [0.29, 0.717) is 5.56 Å². The molecule has 20 heavy (non-hydrogen) atoms. The average molecular weight is 271 g/mol. The summed E-state index contributed by atoms with van der Waals surface area (Å²) in [6.45, 7) is 3.44. The number of aromatic nitrogens is 1. The Hall–Kier alpha value is -2.36. The molecule has 1 heterocycles. The van der Waals surface area contributed by atoms with Crippen LogP contribution in [0.15, 0.2) is 42.6 Å². The number of carboxylic acids is 1. The van der Waals surface area contributed by atoms with Crippen molar-refractivity contribution < 1.29 is 14.7 Å². The Kier molecular flexibility index (Phi) is 4.03. The van der Waals surface area contributed by atoms with Gasteiger partial charge < -0.3 is 9.67 Å². The lowest BCUT2D eigenvalue weighted by molar-refractivity contribution is 0.0683. The number of Topliss-reactive ketones (excluding diaryl/α,β-unsaturated/α-hetero) is 1. The topological polar surface area (TPSA) is 59.3 Å². The number of hydrogen-bond acceptors (Lipinski definition) is 2. The van der Waals surface area contributed by atoms with Gasteiger partial charge in [-0.05, 0) is 25.0 Å². The number of carboxylic acid groups (broad SMARTS) is 1. The predicted octanol–water partition coefficient (Wildman–Crippen LogP) is 3.39. The van der Waals surface area contributed by atoms with Crippen molar-refractivity contribution in [3.8, 4) is 0 Å². The van der Waals surface area contributed by atoms with E-state index in [0.717, 1.165) is 12.0 Å². The van der Waals surface area contributed by atoms with Gasteiger partial charge >= 0.3 is 5.97 Å². The molecule has 1 aromatic heterocycles. The summed E-state index contributed by atoms with van der Waals surface area (Å²) in [5.41, 5.74) is 1.60. The van der Waals surface area contributed by atoms with E-state index in [-0.39, 0.29) is 17.5 Å². The second-order valence-corrected chi connectivity index (χ2v) is 4.72. The van der Waals surface area contributed by atoms with E-state index >= 15 is 0 Å². The van der Waals surface area contributed by atoms with Crippen molar-refractivity contribution in [2.45, 2.75) is 26.3 Å². The Bertz CT molecular complexity index is 628. The zero-order valence-electron chi connectivity index (χ0n) is 11.5. The average Bonchev–Trinajstić information content (AvgIpc) is 2.86. The summed E-state index contributed by atoms with van der Waals surface area (Å²) in [6, 6.07) is 11.1. The van der Waals surface area contributed by atoms with Crippen LogP contribution in [-0.2, 0) is 0 Å². The molecule has 104 valence electrons. The first-order chi connectivity index (χ1) is 9.54. The minimum Gasteiger partial charge on any atom is -0.477 e. The molecule has 1 atom stereocenters. The molecule has 0 amide bonds. The Morgan fingerprint density at radius 3 is 2.40 bits per heavy atom. The van der Waals surface area contributed by atoms with Crippen molar-refractivity contribution in [2.24, 2.45) is 0 Å². The second kappa shape index (κ2) is 5.74. The Morgan fingerprint density at radius 2 is 1.90 bits per heavy atom. The van der Waals surface area contributed by atoms with Crippen molar-refractivity contribution in [3.63, 3.8) is 0 Å². The van der Waals surface area contributed by atoms with Crippen LogP contribution in [0.2, 0.25) is 0 Å². The summed E-state index contributed by atoms with van der Waals surface area (Å²) < 4.78 is 1.67. The van der Waals surface area contributed by atoms with Gasteiger partial charge in [-0.3, -0.25) is 4.79 Å². The fourth-order valence-corrected chi connectivity index (χ4v) is 2.37. The number of nitrogens with zero attached hydrogens (tertiary/aromatic N) is 1. The molecule has 0 aliphatic rings. The van der Waals surface area contributed by atoms with Crippen LogP contribution in [0.25, 0.3) is 0 Å². The molecule has 4 heteroatoms. The molecule has 1 unspecified atom stereocenters. The van der Waals surface area contributed by atoms with Gasteiger partial charge in [0.25, 0.3) is 0 Å². The van der Waals surface area contributed by atoms with Crippen LogP contribution in [0.5, 0.6) is 0 Å². The third-order valence-corrected chi connectivity index (χ3v) is 3.38. The van der Waals surface area contributed by atoms with Gasteiger partial charge in [-0.2, -0.15) is 0 Å². The van der Waals surface area contributed by atoms with Gasteiger partial charge in [0.2, 0.25) is 0 Å². The largest absolute Gasteiger partial charge is 0.477 e. The summed E-state index contributed by atoms with van der Waals surface area (Å²) in [5.74, 6) is -1.15. The first kappa shape index (κ1) is 14.1. The van der Waals surface area contributed by atoms with Crippen molar-refractivity contribution in [3.05, 3.63) is 59.4 Å². The fourth-order valence-electron chi connectivity index (χ4n) is 2.37. The number of aromatic carboxylic acids is 1. The molecule has 0 aliphatic heterocycles. The summed E-state index contributed by atoms with van der Waals surface area (Å²) in [6.07, 6.45) is 2.38. The van der Waals surface area contributed by atoms with Gasteiger partial charge in [0.1, 0.15) is 5.69 Å². The zero-order chi connectivity index (χ0) is 14.7. The zero-order valence-corrected chi connectivity index (χ0v) is 11.5. The molecule has 0 saturated carbocycles. The smallest absolute Gasteiger partial charge is 0.352 e. The summed E-state index contributed by atoms with van der Waals surface area (Å²) >= 11 is 0. The molecule has 0 saturated heterocycles. The van der Waals surface area contributed by atoms with E-state index in [1.54, 1.807) is 10.8 Å². The van der Waals surface area contributed by atoms with Crippen LogP contribution in [0.4, 0.5) is 0 Å². The summed E-state index contributed by atoms with van der Waals surface area (Å²) in [7, 11) is 0. The maximum atomic E-state index is 11.5. The highest BCUT2D eigenvalue weighted by molar-refractivity contribution is 5.97. The molecule has 1 aromatic carbocycles. The maximum absolute atomic E-state index is 11.5. The normalized spacial score (nSPS) is 12.1. The predicted molar refractivity (Wildman–Crippen MR) is 76.3 cm³/mol. The molecule has 0 spiro atoms. The Morgan fingerprint density at radius 1 is 1.25 bits per heavy atom. The number of ketones is 1. The number of carbonyl (C=O) groups is 2. The van der Waals surface area contributed by atoms with Crippen LogP contribution < -0.4 is 0 Å². The minimum absolute atomic E-state index is 0.0876. The summed E-state index contributed by atoms with van der Waals surface area (Å²) in [4.78, 5) is 22.9. The molecular formula is C16H17NO3. The van der Waals surface area contributed by atoms with E-state index in [9.17, 15) is 14.7 Å². The Balaban J connectivity index is 2.54. The highest BCUT2D eigenvalue weighted by atomic mass is 16.4. The number of rotatable bonds is 5. The third kappa shape index (κ3) is 2.64. The van der Waals surface area contributed by atoms with Crippen LogP contribution in [0, 0.1) is 0 Å². The summed E-state index contributed by atoms with van der Waals surface area (Å²) in [5, 5.41) is 9.32. The number of benzene rings is 1. The van der Waals surface area contributed by atoms with Crippen molar-refractivity contribution in [1.29, 1.82) is 0 Å². The van der Waals surface area contributed by atoms with Crippen LogP contribution >= 0.6 is 0 Å². The van der Waals surface area contributed by atoms with Gasteiger partial charge in [0, 0.05) is 11.8 Å². The van der Waals surface area contributed by atoms with E-state index in [2.05, 4.69) is 0 Å². The highest BCUT2D eigenvalue weighted by Crippen LogP contribution is 2.25. The lowest BCUT2D eigenvalue weighted by atomic mass is 10.0. The van der Waals surface area contributed by atoms with Crippen LogP contribution in [0.3, 0.4) is 0 Å². The van der Waals surface area contributed by atoms with E-state index in [4.69, 9.17) is 0 Å². The lowest BCUT2D eigenvalue weighted by Crippen LogP contribution is -2.14. The molecule has 0 aliphatic carbocycles. The quantitative estimate of drug-likeness (QED) is 0.848. The number of hydrogen-bond donors (Lipinski definition) is 1. The second-order valence-electron chi connectivity index (χ2n) is 4.72. The van der Waals surface area contributed by atoms with Gasteiger partial charge in [-0.15, -0.1) is 0 Å². The van der Waals surface area contributed by atoms with E-state index in [1.807, 2.05) is 37.3 Å². The molecule has 0 fully saturated rings. The van der Waals surface area contributed by atoms with E-state index < -0.39 is 5.97 Å². The number of carbonyl (C=O) groups excluding carboxylic acids is 1. The van der Waals surface area contributed by atoms with Crippen molar-refractivity contribution >= 4 is 11.8 Å². The molecule has 2 aromatic rings. The van der Waals surface area contributed by atoms with Crippen LogP contribution in [-0.4, -0.2) is 21.4 Å². The molecular weight excluding hydrogens is 254 g/mol. The van der Waals surface area contributed by atoms with Gasteiger partial charge in [0.15, 0.2) is 5.78 Å². The van der Waals surface area contributed by atoms with Gasteiger partial charge in [-0.25, -0.2) is 4.79 Å². The monoisotopic (exact) mass is 271 g/mol. The van der Waals surface area contributed by atoms with E-state index in [1.165, 1.54) is 13.0 Å². The molecule has 0 bridgehead atoms. The molecule has 1 N–H and O–H groups in total. The standard InChI is InChI=1S/C16H17NO3/c1-3-14(12-7-5-4-6-8-12)17-10-13(11(2)18)9-15(17)16(19)20/h4-10,14H,3H2,1-2H3,(H,19,20). The third-order valence-electron chi connectivity index (χ3n) is 3.38. The van der Waals surface area contributed by atoms with Crippen molar-refractivity contribution in [1.82, 2.24) is 4.57 Å². The van der Waals surface area contributed by atoms with Gasteiger partial charge in [-0.1, -0.05) is 37.3 Å². The maximum Gasteiger partial charge on any atom is 0.352 e. The minimum atomic E-state index is -1.02. The lowest BCUT2D eigenvalue weighted by Gasteiger charge is -2.19. The SMILES string of the molecule is CCC(c1ccccc1)n1cc(C(C)=O)cc1C(=O)O. The van der Waals surface area contributed by atoms with Crippen LogP contribution in [0.1, 0.15) is 52.7 Å². The molecule has 4 nitrogen and oxygen atoms in total. The first-order valence-corrected chi connectivity index (χ1v) is 6.55. The van der Waals surface area contributed by atoms with Gasteiger partial charge in [0.05, 0.1) is 6.04 Å². The fraction of sp³-hybridized carbons (Fsp3) is 0.250. The molecule has 2 rings (SSSR count). The molecule has 0 radical (unpaired) electrons. The Labute approximate surface area is 117 Å². The first-order valence-electron chi connectivity index (χ1n) is 6.55.